The molecule has 0 bridgehead atoms. The summed E-state index contributed by atoms with van der Waals surface area (Å²) in [6, 6.07) is 10.8. The zero-order valence-electron chi connectivity index (χ0n) is 14.0. The van der Waals surface area contributed by atoms with Crippen LogP contribution in [0.15, 0.2) is 36.0 Å². The Morgan fingerprint density at radius 3 is 2.59 bits per heavy atom. The van der Waals surface area contributed by atoms with Crippen molar-refractivity contribution in [3.05, 3.63) is 41.6 Å². The van der Waals surface area contributed by atoms with Gasteiger partial charge in [0.25, 0.3) is 0 Å². The zero-order valence-corrected chi connectivity index (χ0v) is 14.0. The molecule has 1 aromatic carbocycles. The number of benzene rings is 1. The Hall–Kier alpha value is -1.32. The van der Waals surface area contributed by atoms with Gasteiger partial charge in [0.15, 0.2) is 0 Å². The topological polar surface area (TPSA) is 9.72 Å². The van der Waals surface area contributed by atoms with E-state index in [9.17, 15) is 0 Å². The van der Waals surface area contributed by atoms with Crippen LogP contribution in [0, 0.1) is 0 Å². The maximum Gasteiger partial charge on any atom is 0.0627 e. The first-order chi connectivity index (χ1) is 10.7. The van der Waals surface area contributed by atoms with Gasteiger partial charge in [0, 0.05) is 24.8 Å². The Bertz CT molecular complexity index is 590. The van der Waals surface area contributed by atoms with Crippen LogP contribution in [0.4, 0.5) is 5.69 Å². The molecule has 0 spiro atoms. The number of rotatable bonds is 3. The van der Waals surface area contributed by atoms with Crippen LogP contribution in [0.5, 0.6) is 0 Å². The molecule has 0 N–H and O–H groups in total. The summed E-state index contributed by atoms with van der Waals surface area (Å²) in [5.74, 6) is 0. The number of allylic oxidation sites excluding steroid dienone is 1. The molecular weight excluding hydrogens is 270 g/mol. The number of anilines is 1. The highest BCUT2D eigenvalue weighted by Crippen LogP contribution is 2.43. The molecule has 22 heavy (non-hydrogen) atoms. The molecule has 2 atom stereocenters. The molecular formula is C19H27N3. The minimum Gasteiger partial charge on any atom is -0.290 e. The van der Waals surface area contributed by atoms with Gasteiger partial charge in [-0.1, -0.05) is 18.2 Å². The lowest BCUT2D eigenvalue weighted by atomic mass is 9.97. The van der Waals surface area contributed by atoms with Crippen molar-refractivity contribution < 1.29 is 0 Å². The maximum atomic E-state index is 2.68. The highest BCUT2D eigenvalue weighted by molar-refractivity contribution is 5.62. The van der Waals surface area contributed by atoms with E-state index >= 15 is 0 Å². The normalized spacial score (nSPS) is 28.9. The summed E-state index contributed by atoms with van der Waals surface area (Å²) in [5, 5.41) is 4.87. The van der Waals surface area contributed by atoms with Crippen LogP contribution < -0.4 is 5.01 Å². The summed E-state index contributed by atoms with van der Waals surface area (Å²) in [5.41, 5.74) is 4.22. The van der Waals surface area contributed by atoms with E-state index in [-0.39, 0.29) is 0 Å². The molecule has 3 heteroatoms. The molecule has 3 nitrogen and oxygen atoms in total. The van der Waals surface area contributed by atoms with E-state index in [2.05, 4.69) is 66.2 Å². The van der Waals surface area contributed by atoms with Gasteiger partial charge in [-0.15, -0.1) is 0 Å². The van der Waals surface area contributed by atoms with Crippen LogP contribution in [0.1, 0.15) is 51.1 Å². The van der Waals surface area contributed by atoms with Crippen LogP contribution in [-0.2, 0) is 0 Å². The molecule has 2 fully saturated rings. The van der Waals surface area contributed by atoms with Crippen LogP contribution in [0.3, 0.4) is 0 Å². The first-order valence-corrected chi connectivity index (χ1v) is 8.73. The van der Waals surface area contributed by atoms with E-state index in [1.165, 1.54) is 49.2 Å². The Morgan fingerprint density at radius 2 is 1.91 bits per heavy atom. The average Bonchev–Trinajstić information content (AvgIpc) is 3.28. The lowest BCUT2D eigenvalue weighted by Crippen LogP contribution is -2.44. The summed E-state index contributed by atoms with van der Waals surface area (Å²) in [6.45, 7) is 5.87. The second-order valence-corrected chi connectivity index (χ2v) is 7.16. The Kier molecular flexibility index (Phi) is 3.50. The largest absolute Gasteiger partial charge is 0.290 e. The van der Waals surface area contributed by atoms with Crippen molar-refractivity contribution in [2.45, 2.75) is 57.7 Å². The van der Waals surface area contributed by atoms with Crippen LogP contribution >= 0.6 is 0 Å². The molecule has 0 unspecified atom stereocenters. The van der Waals surface area contributed by atoms with E-state index in [1.807, 2.05) is 0 Å². The fourth-order valence-corrected chi connectivity index (χ4v) is 4.18. The summed E-state index contributed by atoms with van der Waals surface area (Å²) >= 11 is 0. The molecule has 0 aromatic heterocycles. The van der Waals surface area contributed by atoms with Gasteiger partial charge in [-0.3, -0.25) is 9.91 Å². The first kappa shape index (κ1) is 14.3. The van der Waals surface area contributed by atoms with Gasteiger partial charge < -0.3 is 0 Å². The minimum absolute atomic E-state index is 0.442. The summed E-state index contributed by atoms with van der Waals surface area (Å²) < 4.78 is 0. The van der Waals surface area contributed by atoms with E-state index in [4.69, 9.17) is 0 Å². The lowest BCUT2D eigenvalue weighted by molar-refractivity contribution is 0.218. The molecule has 1 aromatic rings. The lowest BCUT2D eigenvalue weighted by Gasteiger charge is -2.43. The summed E-state index contributed by atoms with van der Waals surface area (Å²) in [6.07, 6.45) is 7.79. The highest BCUT2D eigenvalue weighted by Gasteiger charge is 2.37. The van der Waals surface area contributed by atoms with E-state index in [1.54, 1.807) is 0 Å². The molecule has 1 saturated carbocycles. The molecule has 3 aliphatic rings. The second kappa shape index (κ2) is 5.39. The quantitative estimate of drug-likeness (QED) is 0.836. The fraction of sp³-hybridized carbons (Fsp3) is 0.579. The van der Waals surface area contributed by atoms with Crippen LogP contribution in [-0.4, -0.2) is 35.6 Å². The molecule has 118 valence electrons. The third-order valence-electron chi connectivity index (χ3n) is 5.57. The van der Waals surface area contributed by atoms with Crippen LogP contribution in [0.2, 0.25) is 0 Å². The van der Waals surface area contributed by atoms with Crippen molar-refractivity contribution in [2.24, 2.45) is 0 Å². The molecule has 4 rings (SSSR count). The van der Waals surface area contributed by atoms with Gasteiger partial charge in [-0.25, -0.2) is 5.01 Å². The third-order valence-corrected chi connectivity index (χ3v) is 5.57. The highest BCUT2D eigenvalue weighted by atomic mass is 15.6. The number of nitrogens with zero attached hydrogens (tertiary/aromatic N) is 3. The first-order valence-electron chi connectivity index (χ1n) is 8.73. The molecule has 1 saturated heterocycles. The predicted molar refractivity (Wildman–Crippen MR) is 91.6 cm³/mol. The number of hydrazine groups is 1. The van der Waals surface area contributed by atoms with Gasteiger partial charge >= 0.3 is 0 Å². The predicted octanol–water partition coefficient (Wildman–Crippen LogP) is 3.95. The number of hydrogen-bond donors (Lipinski definition) is 0. The number of fused-ring (bicyclic) bond motifs is 1. The Balaban J connectivity index is 1.74. The van der Waals surface area contributed by atoms with Crippen molar-refractivity contribution in [3.8, 4) is 0 Å². The Morgan fingerprint density at radius 1 is 1.14 bits per heavy atom. The second-order valence-electron chi connectivity index (χ2n) is 7.16. The molecule has 0 radical (unpaired) electrons. The van der Waals surface area contributed by atoms with Gasteiger partial charge in [-0.05, 0) is 63.8 Å². The standard InChI is InChI=1S/C19H27N3/c1-14-7-6-12-21(14)19-13-15(2)22(20(3)16-10-11-16)18-9-5-4-8-17(18)19/h4-5,8-9,13-14,16,19H,6-7,10-12H2,1-3H3/t14-,19+/m0/s1. The minimum atomic E-state index is 0.442. The van der Waals surface area contributed by atoms with Crippen molar-refractivity contribution in [2.75, 3.05) is 18.6 Å². The smallest absolute Gasteiger partial charge is 0.0627 e. The zero-order chi connectivity index (χ0) is 15.3. The summed E-state index contributed by atoms with van der Waals surface area (Å²) in [4.78, 5) is 2.68. The number of likely N-dealkylation sites (tertiary alicyclic amines) is 1. The molecule has 0 amide bonds. The molecule has 2 aliphatic heterocycles. The molecule has 2 heterocycles. The van der Waals surface area contributed by atoms with E-state index in [0.717, 1.165) is 6.04 Å². The number of hydrogen-bond acceptors (Lipinski definition) is 3. The monoisotopic (exact) mass is 297 g/mol. The third kappa shape index (κ3) is 2.27. The van der Waals surface area contributed by atoms with Crippen molar-refractivity contribution in [1.29, 1.82) is 0 Å². The van der Waals surface area contributed by atoms with Gasteiger partial charge in [0.1, 0.15) is 0 Å². The van der Waals surface area contributed by atoms with Crippen molar-refractivity contribution in [1.82, 2.24) is 9.91 Å². The maximum absolute atomic E-state index is 2.68. The van der Waals surface area contributed by atoms with Crippen molar-refractivity contribution in [3.63, 3.8) is 0 Å². The van der Waals surface area contributed by atoms with Gasteiger partial charge in [0.2, 0.25) is 0 Å². The van der Waals surface area contributed by atoms with Gasteiger partial charge in [0.05, 0.1) is 11.7 Å². The van der Waals surface area contributed by atoms with Crippen molar-refractivity contribution >= 4 is 5.69 Å². The summed E-state index contributed by atoms with van der Waals surface area (Å²) in [7, 11) is 2.24. The van der Waals surface area contributed by atoms with E-state index in [0.29, 0.717) is 12.1 Å². The fourth-order valence-electron chi connectivity index (χ4n) is 4.18. The van der Waals surface area contributed by atoms with E-state index < -0.39 is 0 Å². The average molecular weight is 297 g/mol. The number of para-hydroxylation sites is 1. The van der Waals surface area contributed by atoms with Crippen LogP contribution in [0.25, 0.3) is 0 Å². The Labute approximate surface area is 134 Å². The van der Waals surface area contributed by atoms with Gasteiger partial charge in [-0.2, -0.15) is 0 Å². The molecule has 1 aliphatic carbocycles. The SMILES string of the molecule is CC1=C[C@@H](N2CCC[C@@H]2C)c2ccccc2N1N(C)C1CC1.